The number of rotatable bonds is 3. The lowest BCUT2D eigenvalue weighted by atomic mass is 9.87. The van der Waals surface area contributed by atoms with Crippen LogP contribution in [0.1, 0.15) is 43.1 Å². The molecule has 0 atom stereocenters. The number of aromatic amines is 1. The second kappa shape index (κ2) is 7.55. The summed E-state index contributed by atoms with van der Waals surface area (Å²) in [7, 11) is 0. The molecule has 32 heavy (non-hydrogen) atoms. The van der Waals surface area contributed by atoms with Crippen LogP contribution in [0.3, 0.4) is 0 Å². The monoisotopic (exact) mass is 427 g/mol. The third-order valence-electron chi connectivity index (χ3n) is 6.73. The summed E-state index contributed by atoms with van der Waals surface area (Å²) in [6.07, 6.45) is 4.36. The van der Waals surface area contributed by atoms with E-state index in [1.807, 2.05) is 42.5 Å². The largest absolute Gasteiger partial charge is 0.454 e. The van der Waals surface area contributed by atoms with Crippen molar-refractivity contribution >= 4 is 27.7 Å². The highest BCUT2D eigenvalue weighted by molar-refractivity contribution is 6.13. The van der Waals surface area contributed by atoms with E-state index in [0.29, 0.717) is 11.4 Å². The molecule has 2 aromatic heterocycles. The van der Waals surface area contributed by atoms with Crippen molar-refractivity contribution in [1.29, 1.82) is 0 Å². The van der Waals surface area contributed by atoms with Crippen LogP contribution in [0.15, 0.2) is 48.5 Å². The Kier molecular flexibility index (Phi) is 4.52. The number of ether oxygens (including phenoxy) is 2. The normalized spacial score (nSPS) is 20.0. The van der Waals surface area contributed by atoms with Crippen molar-refractivity contribution in [3.05, 3.63) is 54.2 Å². The minimum atomic E-state index is -0.112. The fourth-order valence-electron chi connectivity index (χ4n) is 4.88. The first-order valence-corrected chi connectivity index (χ1v) is 11.3. The van der Waals surface area contributed by atoms with Gasteiger partial charge in [-0.3, -0.25) is 4.79 Å². The fraction of sp³-hybridized carbons (Fsp3) is 0.308. The molecule has 4 aromatic rings. The lowest BCUT2D eigenvalue weighted by molar-refractivity contribution is 0.0918. The minimum absolute atomic E-state index is 0.112. The first-order valence-electron chi connectivity index (χ1n) is 11.3. The maximum absolute atomic E-state index is 13.2. The molecule has 0 bridgehead atoms. The van der Waals surface area contributed by atoms with E-state index in [9.17, 15) is 4.79 Å². The van der Waals surface area contributed by atoms with E-state index in [-0.39, 0.29) is 18.7 Å². The molecule has 6 heteroatoms. The number of para-hydroxylation sites is 1. The molecule has 2 aliphatic rings. The van der Waals surface area contributed by atoms with Crippen LogP contribution in [0.25, 0.3) is 33.1 Å². The van der Waals surface area contributed by atoms with E-state index in [1.165, 1.54) is 0 Å². The van der Waals surface area contributed by atoms with Gasteiger partial charge in [0.25, 0.3) is 5.91 Å². The molecule has 0 unspecified atom stereocenters. The fourth-order valence-corrected chi connectivity index (χ4v) is 4.88. The van der Waals surface area contributed by atoms with Gasteiger partial charge in [0.2, 0.25) is 6.79 Å². The van der Waals surface area contributed by atoms with Crippen LogP contribution in [0, 0.1) is 5.92 Å². The van der Waals surface area contributed by atoms with Crippen molar-refractivity contribution in [2.24, 2.45) is 5.92 Å². The van der Waals surface area contributed by atoms with E-state index >= 15 is 0 Å². The topological polar surface area (TPSA) is 76.2 Å². The lowest BCUT2D eigenvalue weighted by Crippen LogP contribution is -2.37. The number of pyridine rings is 1. The van der Waals surface area contributed by atoms with Gasteiger partial charge in [-0.1, -0.05) is 25.1 Å². The zero-order valence-electron chi connectivity index (χ0n) is 18.0. The Hall–Kier alpha value is -3.54. The molecule has 1 saturated carbocycles. The molecule has 6 rings (SSSR count). The number of aromatic nitrogens is 2. The summed E-state index contributed by atoms with van der Waals surface area (Å²) in [4.78, 5) is 21.6. The molecule has 3 heterocycles. The average molecular weight is 428 g/mol. The van der Waals surface area contributed by atoms with Gasteiger partial charge in [-0.25, -0.2) is 4.98 Å². The van der Waals surface area contributed by atoms with Crippen molar-refractivity contribution in [2.45, 2.75) is 38.6 Å². The van der Waals surface area contributed by atoms with Crippen molar-refractivity contribution < 1.29 is 14.3 Å². The Labute approximate surface area is 185 Å². The third kappa shape index (κ3) is 3.27. The maximum atomic E-state index is 13.2. The number of hydrogen-bond donors (Lipinski definition) is 2. The second-order valence-corrected chi connectivity index (χ2v) is 8.95. The van der Waals surface area contributed by atoms with Gasteiger partial charge in [-0.15, -0.1) is 0 Å². The van der Waals surface area contributed by atoms with Crippen LogP contribution in [-0.2, 0) is 0 Å². The first-order chi connectivity index (χ1) is 15.7. The quantitative estimate of drug-likeness (QED) is 0.458. The van der Waals surface area contributed by atoms with Crippen LogP contribution in [0.4, 0.5) is 0 Å². The Bertz CT molecular complexity index is 1340. The van der Waals surface area contributed by atoms with E-state index < -0.39 is 0 Å². The summed E-state index contributed by atoms with van der Waals surface area (Å²) in [5.74, 6) is 2.04. The highest BCUT2D eigenvalue weighted by atomic mass is 16.7. The lowest BCUT2D eigenvalue weighted by Gasteiger charge is -2.26. The smallest absolute Gasteiger partial charge is 0.270 e. The average Bonchev–Trinajstić information content (AvgIpc) is 3.43. The van der Waals surface area contributed by atoms with Gasteiger partial charge in [0.05, 0.1) is 11.2 Å². The zero-order valence-corrected chi connectivity index (χ0v) is 18.0. The number of carbonyl (C=O) groups is 1. The minimum Gasteiger partial charge on any atom is -0.454 e. The van der Waals surface area contributed by atoms with Crippen molar-refractivity contribution in [1.82, 2.24) is 15.3 Å². The van der Waals surface area contributed by atoms with Crippen LogP contribution in [-0.4, -0.2) is 28.7 Å². The highest BCUT2D eigenvalue weighted by Gasteiger charge is 2.23. The third-order valence-corrected chi connectivity index (χ3v) is 6.73. The van der Waals surface area contributed by atoms with E-state index in [2.05, 4.69) is 23.3 Å². The summed E-state index contributed by atoms with van der Waals surface area (Å²) in [5.41, 5.74) is 3.98. The molecule has 1 aliphatic heterocycles. The summed E-state index contributed by atoms with van der Waals surface area (Å²) < 4.78 is 11.0. The molecule has 1 amide bonds. The van der Waals surface area contributed by atoms with Crippen molar-refractivity contribution in [3.63, 3.8) is 0 Å². The summed E-state index contributed by atoms with van der Waals surface area (Å²) in [6, 6.07) is 16.0. The first kappa shape index (κ1) is 19.2. The second-order valence-electron chi connectivity index (χ2n) is 8.95. The molecule has 0 saturated heterocycles. The Balaban J connectivity index is 1.46. The molecule has 0 radical (unpaired) electrons. The predicted octanol–water partition coefficient (Wildman–Crippen LogP) is 5.42. The highest BCUT2D eigenvalue weighted by Crippen LogP contribution is 2.38. The number of nitrogens with one attached hydrogen (secondary N) is 2. The summed E-state index contributed by atoms with van der Waals surface area (Å²) >= 11 is 0. The van der Waals surface area contributed by atoms with Crippen molar-refractivity contribution in [2.75, 3.05) is 6.79 Å². The van der Waals surface area contributed by atoms with Gasteiger partial charge < -0.3 is 19.8 Å². The number of fused-ring (bicyclic) bond motifs is 4. The Morgan fingerprint density at radius 3 is 2.69 bits per heavy atom. The van der Waals surface area contributed by atoms with Crippen LogP contribution < -0.4 is 14.8 Å². The van der Waals surface area contributed by atoms with Crippen LogP contribution >= 0.6 is 0 Å². The van der Waals surface area contributed by atoms with Gasteiger partial charge in [0.1, 0.15) is 5.69 Å². The van der Waals surface area contributed by atoms with Gasteiger partial charge in [0.15, 0.2) is 11.5 Å². The molecular formula is C26H25N3O3. The maximum Gasteiger partial charge on any atom is 0.270 e. The molecule has 2 N–H and O–H groups in total. The van der Waals surface area contributed by atoms with Gasteiger partial charge in [-0.05, 0) is 61.9 Å². The van der Waals surface area contributed by atoms with Gasteiger partial charge in [0, 0.05) is 27.9 Å². The molecule has 1 aliphatic carbocycles. The van der Waals surface area contributed by atoms with Crippen LogP contribution in [0.5, 0.6) is 11.5 Å². The number of amides is 1. The molecule has 2 aromatic carbocycles. The molecular weight excluding hydrogens is 402 g/mol. The predicted molar refractivity (Wildman–Crippen MR) is 124 cm³/mol. The Morgan fingerprint density at radius 1 is 1.00 bits per heavy atom. The summed E-state index contributed by atoms with van der Waals surface area (Å²) in [6.45, 7) is 2.50. The van der Waals surface area contributed by atoms with Crippen LogP contribution in [0.2, 0.25) is 0 Å². The molecule has 1 fully saturated rings. The molecule has 0 spiro atoms. The van der Waals surface area contributed by atoms with Gasteiger partial charge >= 0.3 is 0 Å². The van der Waals surface area contributed by atoms with E-state index in [4.69, 9.17) is 14.5 Å². The van der Waals surface area contributed by atoms with Gasteiger partial charge in [-0.2, -0.15) is 0 Å². The number of hydrogen-bond acceptors (Lipinski definition) is 4. The van der Waals surface area contributed by atoms with E-state index in [1.54, 1.807) is 0 Å². The number of nitrogens with zero attached hydrogens (tertiary/aromatic N) is 1. The standard InChI is InChI=1S/C26H25N3O3/c1-15-6-9-17(10-7-15)27-26(30)21-13-19-18-4-2-3-5-20(18)28-25(19)24(29-21)16-8-11-22-23(12-16)32-14-31-22/h2-5,8,11-13,15,17,28H,6-7,9-10,14H2,1H3,(H,27,30). The number of H-pyrrole nitrogens is 1. The van der Waals surface area contributed by atoms with E-state index in [0.717, 1.165) is 70.4 Å². The number of benzene rings is 2. The summed E-state index contributed by atoms with van der Waals surface area (Å²) in [5, 5.41) is 5.29. The Morgan fingerprint density at radius 2 is 1.81 bits per heavy atom. The van der Waals surface area contributed by atoms with Crippen molar-refractivity contribution in [3.8, 4) is 22.8 Å². The molecule has 6 nitrogen and oxygen atoms in total. The number of carbonyl (C=O) groups excluding carboxylic acids is 1. The SMILES string of the molecule is CC1CCC(NC(=O)c2cc3c([nH]c4ccccc43)c(-c3ccc4c(c3)OCO4)n2)CC1. The molecule has 162 valence electrons. The zero-order chi connectivity index (χ0) is 21.7.